The zero-order valence-corrected chi connectivity index (χ0v) is 51.1. The molecular formula is C68H123NO8. The summed E-state index contributed by atoms with van der Waals surface area (Å²) in [4.78, 5) is 37.4. The first-order chi connectivity index (χ1) is 37.6. The molecule has 0 amide bonds. The van der Waals surface area contributed by atoms with E-state index >= 15 is 0 Å². The topological polar surface area (TPSA) is 111 Å². The van der Waals surface area contributed by atoms with E-state index in [2.05, 4.69) is 74.6 Å². The van der Waals surface area contributed by atoms with Gasteiger partial charge in [0.05, 0.1) is 40.3 Å². The van der Waals surface area contributed by atoms with Crippen LogP contribution in [0.4, 0.5) is 0 Å². The molecule has 0 saturated heterocycles. The van der Waals surface area contributed by atoms with Gasteiger partial charge in [0.2, 0.25) is 0 Å². The molecule has 2 atom stereocenters. The quantitative estimate of drug-likeness (QED) is 0.0195. The standard InChI is InChI=1S/C68H123NO8/c1-6-8-10-12-14-16-18-20-22-24-26-28-29-30-31-32-33-34-35-36-37-39-41-43-45-47-49-51-53-55-57-59-66(71)77-64(63-76-68(67(72)73)74-61-60-69(3,4)5)62-75-65(70)58-56-54-52-50-48-46-44-42-40-38-27-25-23-21-19-17-15-13-11-9-7-2/h18-21,24-27,29-30,64,68H,6-17,22-23,28,31-63H2,1-5H3/b20-18-,21-19-,26-24-,27-25-,30-29-. The third kappa shape index (κ3) is 60.5. The van der Waals surface area contributed by atoms with Crippen molar-refractivity contribution in [3.05, 3.63) is 60.8 Å². The number of hydrogen-bond donors (Lipinski definition) is 0. The fourth-order valence-electron chi connectivity index (χ4n) is 9.22. The van der Waals surface area contributed by atoms with Crippen molar-refractivity contribution < 1.29 is 42.9 Å². The van der Waals surface area contributed by atoms with Crippen LogP contribution in [0.3, 0.4) is 0 Å². The Morgan fingerprint density at radius 3 is 1.04 bits per heavy atom. The summed E-state index contributed by atoms with van der Waals surface area (Å²) in [5.74, 6) is -2.28. The zero-order chi connectivity index (χ0) is 56.2. The van der Waals surface area contributed by atoms with Gasteiger partial charge in [-0.05, 0) is 83.5 Å². The Kier molecular flexibility index (Phi) is 56.8. The van der Waals surface area contributed by atoms with Gasteiger partial charge in [-0.15, -0.1) is 0 Å². The molecule has 0 aromatic rings. The van der Waals surface area contributed by atoms with Crippen molar-refractivity contribution >= 4 is 17.9 Å². The summed E-state index contributed by atoms with van der Waals surface area (Å²) in [6, 6.07) is 0. The van der Waals surface area contributed by atoms with Gasteiger partial charge in [-0.1, -0.05) is 261 Å². The highest BCUT2D eigenvalue weighted by Gasteiger charge is 2.22. The Morgan fingerprint density at radius 2 is 0.701 bits per heavy atom. The molecule has 9 heteroatoms. The molecule has 0 aliphatic carbocycles. The van der Waals surface area contributed by atoms with E-state index in [0.29, 0.717) is 17.4 Å². The third-order valence-corrected chi connectivity index (χ3v) is 14.2. The number of unbranched alkanes of at least 4 members (excludes halogenated alkanes) is 35. The van der Waals surface area contributed by atoms with Crippen molar-refractivity contribution in [3.63, 3.8) is 0 Å². The number of rotatable bonds is 60. The second-order valence-corrected chi connectivity index (χ2v) is 23.0. The second-order valence-electron chi connectivity index (χ2n) is 23.0. The molecule has 0 aromatic carbocycles. The lowest BCUT2D eigenvalue weighted by atomic mass is 10.0. The average molecular weight is 1080 g/mol. The Labute approximate surface area is 475 Å². The Balaban J connectivity index is 4.14. The van der Waals surface area contributed by atoms with E-state index in [9.17, 15) is 19.5 Å². The monoisotopic (exact) mass is 1080 g/mol. The number of likely N-dealkylation sites (N-methyl/N-ethyl adjacent to an activating group) is 1. The molecule has 0 bridgehead atoms. The first kappa shape index (κ1) is 74.0. The summed E-state index contributed by atoms with van der Waals surface area (Å²) in [5, 5.41) is 11.8. The van der Waals surface area contributed by atoms with Crippen molar-refractivity contribution in [2.45, 2.75) is 309 Å². The highest BCUT2D eigenvalue weighted by molar-refractivity contribution is 5.70. The highest BCUT2D eigenvalue weighted by atomic mass is 16.7. The van der Waals surface area contributed by atoms with Crippen LogP contribution in [0, 0.1) is 0 Å². The number of aliphatic carboxylic acids is 1. The molecule has 0 heterocycles. The summed E-state index contributed by atoms with van der Waals surface area (Å²) in [7, 11) is 5.93. The number of carbonyl (C=O) groups excluding carboxylic acids is 3. The van der Waals surface area contributed by atoms with E-state index in [-0.39, 0.29) is 38.6 Å². The van der Waals surface area contributed by atoms with Crippen LogP contribution in [-0.4, -0.2) is 82.3 Å². The lowest BCUT2D eigenvalue weighted by Gasteiger charge is -2.26. The van der Waals surface area contributed by atoms with Gasteiger partial charge in [0.15, 0.2) is 12.4 Å². The minimum Gasteiger partial charge on any atom is -0.545 e. The lowest BCUT2D eigenvalue weighted by Crippen LogP contribution is -2.44. The van der Waals surface area contributed by atoms with Crippen LogP contribution in [0.5, 0.6) is 0 Å². The van der Waals surface area contributed by atoms with Gasteiger partial charge < -0.3 is 33.3 Å². The Bertz CT molecular complexity index is 1450. The molecule has 0 fully saturated rings. The van der Waals surface area contributed by atoms with Crippen LogP contribution in [0.1, 0.15) is 296 Å². The summed E-state index contributed by atoms with van der Waals surface area (Å²) < 4.78 is 22.8. The fraction of sp³-hybridized carbons (Fsp3) is 0.809. The molecular weight excluding hydrogens is 959 g/mol. The fourth-order valence-corrected chi connectivity index (χ4v) is 9.22. The van der Waals surface area contributed by atoms with Crippen molar-refractivity contribution in [2.24, 2.45) is 0 Å². The second kappa shape index (κ2) is 59.1. The smallest absolute Gasteiger partial charge is 0.306 e. The van der Waals surface area contributed by atoms with Crippen LogP contribution in [0.25, 0.3) is 0 Å². The number of quaternary nitrogens is 1. The first-order valence-corrected chi connectivity index (χ1v) is 32.4. The van der Waals surface area contributed by atoms with Gasteiger partial charge in [-0.2, -0.15) is 0 Å². The van der Waals surface area contributed by atoms with E-state index in [0.717, 1.165) is 51.4 Å². The van der Waals surface area contributed by atoms with E-state index < -0.39 is 24.3 Å². The van der Waals surface area contributed by atoms with Crippen LogP contribution in [-0.2, 0) is 33.3 Å². The maximum atomic E-state index is 12.9. The molecule has 0 aliphatic heterocycles. The summed E-state index contributed by atoms with van der Waals surface area (Å²) in [6.07, 6.45) is 72.8. The number of carboxylic acid groups (broad SMARTS) is 1. The molecule has 77 heavy (non-hydrogen) atoms. The Morgan fingerprint density at radius 1 is 0.390 bits per heavy atom. The minimum atomic E-state index is -1.62. The molecule has 0 aromatic heterocycles. The maximum Gasteiger partial charge on any atom is 0.306 e. The van der Waals surface area contributed by atoms with Crippen molar-refractivity contribution in [3.8, 4) is 0 Å². The molecule has 0 radical (unpaired) electrons. The highest BCUT2D eigenvalue weighted by Crippen LogP contribution is 2.17. The van der Waals surface area contributed by atoms with Crippen molar-refractivity contribution in [1.29, 1.82) is 0 Å². The first-order valence-electron chi connectivity index (χ1n) is 32.4. The summed E-state index contributed by atoms with van der Waals surface area (Å²) >= 11 is 0. The van der Waals surface area contributed by atoms with Gasteiger partial charge in [-0.3, -0.25) is 9.59 Å². The number of nitrogens with zero attached hydrogens (tertiary/aromatic N) is 1. The zero-order valence-electron chi connectivity index (χ0n) is 51.1. The van der Waals surface area contributed by atoms with Crippen molar-refractivity contribution in [2.75, 3.05) is 47.5 Å². The van der Waals surface area contributed by atoms with E-state index in [1.807, 2.05) is 21.1 Å². The van der Waals surface area contributed by atoms with E-state index in [4.69, 9.17) is 18.9 Å². The predicted molar refractivity (Wildman–Crippen MR) is 325 cm³/mol. The summed E-state index contributed by atoms with van der Waals surface area (Å²) in [6.45, 7) is 4.75. The third-order valence-electron chi connectivity index (χ3n) is 14.2. The van der Waals surface area contributed by atoms with Gasteiger partial charge in [0, 0.05) is 12.8 Å². The maximum absolute atomic E-state index is 12.9. The molecule has 0 saturated carbocycles. The molecule has 0 aliphatic rings. The number of ether oxygens (including phenoxy) is 4. The number of hydrogen-bond acceptors (Lipinski definition) is 8. The van der Waals surface area contributed by atoms with Crippen molar-refractivity contribution in [1.82, 2.24) is 0 Å². The van der Waals surface area contributed by atoms with E-state index in [1.165, 1.54) is 212 Å². The lowest BCUT2D eigenvalue weighted by molar-refractivity contribution is -0.870. The summed E-state index contributed by atoms with van der Waals surface area (Å²) in [5.41, 5.74) is 0. The van der Waals surface area contributed by atoms with Crippen LogP contribution in [0.15, 0.2) is 60.8 Å². The molecule has 0 spiro atoms. The number of esters is 2. The van der Waals surface area contributed by atoms with Crippen LogP contribution >= 0.6 is 0 Å². The average Bonchev–Trinajstić information content (AvgIpc) is 3.40. The van der Waals surface area contributed by atoms with E-state index in [1.54, 1.807) is 0 Å². The molecule has 448 valence electrons. The van der Waals surface area contributed by atoms with Gasteiger partial charge in [-0.25, -0.2) is 0 Å². The molecule has 0 rings (SSSR count). The van der Waals surface area contributed by atoms with Gasteiger partial charge in [0.1, 0.15) is 13.2 Å². The normalized spacial score (nSPS) is 13.1. The number of carboxylic acids is 1. The molecule has 2 unspecified atom stereocenters. The molecule has 0 N–H and O–H groups in total. The number of allylic oxidation sites excluding steroid dienone is 10. The SMILES string of the molecule is CCCCCCC/C=C\C/C=C\C/C=C\CCCCCCCCCCCCCCCCCCC(=O)OC(COC(=O)CCCCCCCCCCC/C=C\C/C=C\CCCCCCC)COC(OCC[N+](C)(C)C)C(=O)[O-]. The number of carbonyl (C=O) groups is 3. The Hall–Kier alpha value is -3.01. The minimum absolute atomic E-state index is 0.146. The molecule has 9 nitrogen and oxygen atoms in total. The van der Waals surface area contributed by atoms with Gasteiger partial charge >= 0.3 is 11.9 Å². The largest absolute Gasteiger partial charge is 0.545 e. The van der Waals surface area contributed by atoms with Crippen LogP contribution in [0.2, 0.25) is 0 Å². The van der Waals surface area contributed by atoms with Gasteiger partial charge in [0.25, 0.3) is 0 Å². The predicted octanol–water partition coefficient (Wildman–Crippen LogP) is 18.2. The van der Waals surface area contributed by atoms with Crippen LogP contribution < -0.4 is 5.11 Å².